The number of carbonyl (C=O) groups excluding carboxylic acids is 1. The molecule has 86 valence electrons. The Morgan fingerprint density at radius 3 is 2.24 bits per heavy atom. The van der Waals surface area contributed by atoms with E-state index in [2.05, 4.69) is 0 Å². The van der Waals surface area contributed by atoms with Crippen LogP contribution in [0.5, 0.6) is 11.5 Å². The van der Waals surface area contributed by atoms with Gasteiger partial charge in [0.2, 0.25) is 0 Å². The van der Waals surface area contributed by atoms with E-state index >= 15 is 0 Å². The maximum Gasteiger partial charge on any atom is 0.170 e. The number of phenolic OH excluding ortho intramolecular Hbond substituents is 2. The lowest BCUT2D eigenvalue weighted by Crippen LogP contribution is -2.03. The van der Waals surface area contributed by atoms with Gasteiger partial charge in [-0.25, -0.2) is 0 Å². The Balaban J connectivity index is 2.17. The number of para-hydroxylation sites is 1. The van der Waals surface area contributed by atoms with E-state index in [1.165, 1.54) is 18.2 Å². The summed E-state index contributed by atoms with van der Waals surface area (Å²) in [6.45, 7) is 0. The van der Waals surface area contributed by atoms with Gasteiger partial charge in [0.1, 0.15) is 11.5 Å². The summed E-state index contributed by atoms with van der Waals surface area (Å²) in [4.78, 5) is 11.9. The summed E-state index contributed by atoms with van der Waals surface area (Å²) in [5.74, 6) is 0.0221. The highest BCUT2D eigenvalue weighted by molar-refractivity contribution is 5.99. The Morgan fingerprint density at radius 1 is 0.941 bits per heavy atom. The zero-order chi connectivity index (χ0) is 12.3. The molecule has 0 heterocycles. The predicted octanol–water partition coefficient (Wildman–Crippen LogP) is 2.52. The topological polar surface area (TPSA) is 57.5 Å². The molecule has 0 aliphatic heterocycles. The molecule has 3 nitrogen and oxygen atoms in total. The van der Waals surface area contributed by atoms with Crippen LogP contribution in [0.2, 0.25) is 0 Å². The van der Waals surface area contributed by atoms with Gasteiger partial charge in [0.15, 0.2) is 5.78 Å². The van der Waals surface area contributed by atoms with Crippen molar-refractivity contribution in [3.63, 3.8) is 0 Å². The van der Waals surface area contributed by atoms with E-state index in [0.717, 1.165) is 5.56 Å². The lowest BCUT2D eigenvalue weighted by Gasteiger charge is -2.03. The van der Waals surface area contributed by atoms with Crippen molar-refractivity contribution in [3.8, 4) is 11.5 Å². The number of ketones is 1. The van der Waals surface area contributed by atoms with Gasteiger partial charge < -0.3 is 10.2 Å². The molecule has 0 atom stereocenters. The maximum absolute atomic E-state index is 11.9. The van der Waals surface area contributed by atoms with Crippen LogP contribution in [0.15, 0.2) is 48.5 Å². The smallest absolute Gasteiger partial charge is 0.170 e. The Hall–Kier alpha value is -2.29. The molecule has 2 aromatic carbocycles. The summed E-state index contributed by atoms with van der Waals surface area (Å²) in [6, 6.07) is 12.9. The van der Waals surface area contributed by atoms with Crippen LogP contribution in [0.25, 0.3) is 0 Å². The van der Waals surface area contributed by atoms with Crippen molar-refractivity contribution in [3.05, 3.63) is 59.7 Å². The molecule has 0 saturated carbocycles. The largest absolute Gasteiger partial charge is 0.508 e. The summed E-state index contributed by atoms with van der Waals surface area (Å²) in [6.07, 6.45) is 0.206. The van der Waals surface area contributed by atoms with Crippen molar-refractivity contribution in [1.82, 2.24) is 0 Å². The van der Waals surface area contributed by atoms with Crippen LogP contribution in [0.4, 0.5) is 0 Å². The van der Waals surface area contributed by atoms with Crippen LogP contribution in [-0.4, -0.2) is 16.0 Å². The van der Waals surface area contributed by atoms with Crippen molar-refractivity contribution in [2.45, 2.75) is 6.42 Å². The summed E-state index contributed by atoms with van der Waals surface area (Å²) < 4.78 is 0. The highest BCUT2D eigenvalue weighted by atomic mass is 16.3. The fourth-order valence-electron chi connectivity index (χ4n) is 1.60. The Morgan fingerprint density at radius 2 is 1.59 bits per heavy atom. The van der Waals surface area contributed by atoms with E-state index in [0.29, 0.717) is 5.56 Å². The number of Topliss-reactive ketones (excluding diaryl/α,β-unsaturated/α-hetero) is 1. The fourth-order valence-corrected chi connectivity index (χ4v) is 1.60. The first-order valence-corrected chi connectivity index (χ1v) is 5.26. The van der Waals surface area contributed by atoms with Crippen molar-refractivity contribution >= 4 is 5.78 Å². The molecule has 2 aromatic rings. The molecule has 2 rings (SSSR count). The number of aromatic hydroxyl groups is 2. The third-order valence-electron chi connectivity index (χ3n) is 2.51. The Labute approximate surface area is 99.0 Å². The van der Waals surface area contributed by atoms with Crippen molar-refractivity contribution < 1.29 is 15.0 Å². The molecule has 0 bridgehead atoms. The second-order valence-corrected chi connectivity index (χ2v) is 3.78. The molecule has 0 aliphatic rings. The number of benzene rings is 2. The van der Waals surface area contributed by atoms with Gasteiger partial charge in [-0.05, 0) is 29.8 Å². The van der Waals surface area contributed by atoms with E-state index in [4.69, 9.17) is 5.11 Å². The van der Waals surface area contributed by atoms with Crippen LogP contribution in [0, 0.1) is 0 Å². The molecule has 0 aromatic heterocycles. The SMILES string of the molecule is O=C(Cc1ccc(O)cc1)c1ccccc1O. The van der Waals surface area contributed by atoms with Crippen LogP contribution in [0.3, 0.4) is 0 Å². The Kier molecular flexibility index (Phi) is 3.10. The zero-order valence-electron chi connectivity index (χ0n) is 9.13. The lowest BCUT2D eigenvalue weighted by molar-refractivity contribution is 0.0990. The second kappa shape index (κ2) is 4.70. The van der Waals surface area contributed by atoms with Gasteiger partial charge in [-0.15, -0.1) is 0 Å². The van der Waals surface area contributed by atoms with Crippen LogP contribution in [0.1, 0.15) is 15.9 Å². The highest BCUT2D eigenvalue weighted by Crippen LogP contribution is 2.18. The van der Waals surface area contributed by atoms with Gasteiger partial charge in [0, 0.05) is 6.42 Å². The molecule has 0 saturated heterocycles. The van der Waals surface area contributed by atoms with Crippen LogP contribution < -0.4 is 0 Å². The monoisotopic (exact) mass is 228 g/mol. The van der Waals surface area contributed by atoms with E-state index in [1.54, 1.807) is 30.3 Å². The molecule has 2 N–H and O–H groups in total. The quantitative estimate of drug-likeness (QED) is 0.793. The zero-order valence-corrected chi connectivity index (χ0v) is 9.13. The van der Waals surface area contributed by atoms with E-state index in [9.17, 15) is 9.90 Å². The summed E-state index contributed by atoms with van der Waals surface area (Å²) in [7, 11) is 0. The molecule has 0 fully saturated rings. The Bertz CT molecular complexity index is 529. The standard InChI is InChI=1S/C14H12O3/c15-11-7-5-10(6-8-11)9-14(17)12-3-1-2-4-13(12)16/h1-8,15-16H,9H2. The van der Waals surface area contributed by atoms with Crippen molar-refractivity contribution in [2.24, 2.45) is 0 Å². The first-order chi connectivity index (χ1) is 8.16. The third kappa shape index (κ3) is 2.64. The normalized spacial score (nSPS) is 10.1. The number of phenols is 2. The first-order valence-electron chi connectivity index (χ1n) is 5.26. The molecule has 0 radical (unpaired) electrons. The molecule has 0 unspecified atom stereocenters. The highest BCUT2D eigenvalue weighted by Gasteiger charge is 2.10. The minimum atomic E-state index is -0.145. The van der Waals surface area contributed by atoms with E-state index in [1.807, 2.05) is 0 Å². The summed E-state index contributed by atoms with van der Waals surface area (Å²) in [5.41, 5.74) is 1.12. The second-order valence-electron chi connectivity index (χ2n) is 3.78. The predicted molar refractivity (Wildman–Crippen MR) is 64.2 cm³/mol. The summed E-state index contributed by atoms with van der Waals surface area (Å²) >= 11 is 0. The third-order valence-corrected chi connectivity index (χ3v) is 2.51. The average Bonchev–Trinajstić information content (AvgIpc) is 2.32. The molecule has 0 spiro atoms. The first kappa shape index (κ1) is 11.2. The van der Waals surface area contributed by atoms with Crippen LogP contribution in [-0.2, 0) is 6.42 Å². The average molecular weight is 228 g/mol. The van der Waals surface area contributed by atoms with Gasteiger partial charge in [0.05, 0.1) is 5.56 Å². The number of carbonyl (C=O) groups is 1. The number of hydrogen-bond donors (Lipinski definition) is 2. The van der Waals surface area contributed by atoms with Crippen molar-refractivity contribution in [1.29, 1.82) is 0 Å². The van der Waals surface area contributed by atoms with Gasteiger partial charge >= 0.3 is 0 Å². The summed E-state index contributed by atoms with van der Waals surface area (Å²) in [5, 5.41) is 18.7. The number of hydrogen-bond acceptors (Lipinski definition) is 3. The van der Waals surface area contributed by atoms with E-state index in [-0.39, 0.29) is 23.7 Å². The molecular weight excluding hydrogens is 216 g/mol. The molecule has 3 heteroatoms. The maximum atomic E-state index is 11.9. The lowest BCUT2D eigenvalue weighted by atomic mass is 10.0. The number of rotatable bonds is 3. The van der Waals surface area contributed by atoms with Gasteiger partial charge in [-0.2, -0.15) is 0 Å². The van der Waals surface area contributed by atoms with Gasteiger partial charge in [-0.1, -0.05) is 24.3 Å². The van der Waals surface area contributed by atoms with Gasteiger partial charge in [0.25, 0.3) is 0 Å². The molecule has 0 amide bonds. The van der Waals surface area contributed by atoms with Crippen molar-refractivity contribution in [2.75, 3.05) is 0 Å². The molecule has 17 heavy (non-hydrogen) atoms. The minimum Gasteiger partial charge on any atom is -0.508 e. The molecule has 0 aliphatic carbocycles. The minimum absolute atomic E-state index is 0.00345. The van der Waals surface area contributed by atoms with E-state index < -0.39 is 0 Å². The van der Waals surface area contributed by atoms with Gasteiger partial charge in [-0.3, -0.25) is 4.79 Å². The fraction of sp³-hybridized carbons (Fsp3) is 0.0714. The molecular formula is C14H12O3. The van der Waals surface area contributed by atoms with Crippen LogP contribution >= 0.6 is 0 Å².